The topological polar surface area (TPSA) is 69.6 Å². The van der Waals surface area contributed by atoms with Gasteiger partial charge in [-0.1, -0.05) is 23.2 Å². The number of amides is 2. The van der Waals surface area contributed by atoms with Crippen molar-refractivity contribution in [2.45, 2.75) is 6.92 Å². The largest absolute Gasteiger partial charge is 0.395 e. The van der Waals surface area contributed by atoms with E-state index in [1.54, 1.807) is 13.0 Å². The van der Waals surface area contributed by atoms with Gasteiger partial charge in [-0.15, -0.1) is 0 Å². The van der Waals surface area contributed by atoms with E-state index in [0.29, 0.717) is 11.6 Å². The van der Waals surface area contributed by atoms with Crippen molar-refractivity contribution in [2.75, 3.05) is 26.2 Å². The molecule has 1 rings (SSSR count). The minimum absolute atomic E-state index is 0.115. The van der Waals surface area contributed by atoms with Crippen molar-refractivity contribution in [1.82, 2.24) is 10.2 Å². The maximum Gasteiger partial charge on any atom is 0.253 e. The van der Waals surface area contributed by atoms with Crippen LogP contribution in [0.3, 0.4) is 0 Å². The van der Waals surface area contributed by atoms with Gasteiger partial charge in [-0.3, -0.25) is 9.59 Å². The first-order valence-electron chi connectivity index (χ1n) is 6.11. The van der Waals surface area contributed by atoms with Gasteiger partial charge in [0.1, 0.15) is 0 Å². The maximum atomic E-state index is 11.9. The molecule has 0 aliphatic heterocycles. The molecule has 110 valence electrons. The number of carbonyl (C=O) groups is 2. The van der Waals surface area contributed by atoms with Crippen molar-refractivity contribution in [3.8, 4) is 0 Å². The van der Waals surface area contributed by atoms with E-state index in [9.17, 15) is 9.59 Å². The van der Waals surface area contributed by atoms with E-state index in [-0.39, 0.29) is 36.2 Å². The van der Waals surface area contributed by atoms with Gasteiger partial charge in [0.25, 0.3) is 5.91 Å². The summed E-state index contributed by atoms with van der Waals surface area (Å²) in [5.41, 5.74) is 0.258. The summed E-state index contributed by atoms with van der Waals surface area (Å²) >= 11 is 11.6. The number of aliphatic hydroxyl groups excluding tert-OH is 1. The summed E-state index contributed by atoms with van der Waals surface area (Å²) in [5, 5.41) is 12.0. The van der Waals surface area contributed by atoms with E-state index in [0.717, 1.165) is 0 Å². The zero-order valence-electron chi connectivity index (χ0n) is 11.0. The van der Waals surface area contributed by atoms with Gasteiger partial charge in [-0.25, -0.2) is 0 Å². The molecule has 0 spiro atoms. The van der Waals surface area contributed by atoms with Crippen LogP contribution in [0, 0.1) is 0 Å². The molecule has 1 aromatic carbocycles. The predicted octanol–water partition coefficient (Wildman–Crippen LogP) is 1.56. The zero-order valence-corrected chi connectivity index (χ0v) is 12.5. The number of aliphatic hydroxyl groups is 1. The van der Waals surface area contributed by atoms with Crippen LogP contribution < -0.4 is 5.32 Å². The van der Waals surface area contributed by atoms with Gasteiger partial charge >= 0.3 is 0 Å². The highest BCUT2D eigenvalue weighted by molar-refractivity contribution is 6.36. The Hall–Kier alpha value is -1.30. The zero-order chi connectivity index (χ0) is 15.1. The number of hydrogen-bond acceptors (Lipinski definition) is 3. The highest BCUT2D eigenvalue weighted by Crippen LogP contribution is 2.20. The number of nitrogens with one attached hydrogen (secondary N) is 1. The normalized spacial score (nSPS) is 10.2. The van der Waals surface area contributed by atoms with Crippen LogP contribution >= 0.6 is 23.2 Å². The van der Waals surface area contributed by atoms with Crippen molar-refractivity contribution in [1.29, 1.82) is 0 Å². The fourth-order valence-electron chi connectivity index (χ4n) is 1.62. The lowest BCUT2D eigenvalue weighted by Gasteiger charge is -2.19. The Kier molecular flexibility index (Phi) is 6.78. The van der Waals surface area contributed by atoms with E-state index in [1.807, 2.05) is 0 Å². The molecule has 20 heavy (non-hydrogen) atoms. The summed E-state index contributed by atoms with van der Waals surface area (Å²) in [5.74, 6) is -0.708. The molecule has 0 aliphatic rings. The molecule has 0 heterocycles. The van der Waals surface area contributed by atoms with Crippen molar-refractivity contribution < 1.29 is 14.7 Å². The molecule has 0 saturated heterocycles. The molecule has 2 amide bonds. The van der Waals surface area contributed by atoms with Crippen LogP contribution in [0.25, 0.3) is 0 Å². The lowest BCUT2D eigenvalue weighted by Crippen LogP contribution is -2.41. The third-order valence-corrected chi connectivity index (χ3v) is 3.23. The number of benzene rings is 1. The summed E-state index contributed by atoms with van der Waals surface area (Å²) in [7, 11) is 0. The first-order valence-corrected chi connectivity index (χ1v) is 6.87. The molecule has 0 saturated carbocycles. The van der Waals surface area contributed by atoms with E-state index >= 15 is 0 Å². The van der Waals surface area contributed by atoms with Gasteiger partial charge in [-0.05, 0) is 25.1 Å². The smallest absolute Gasteiger partial charge is 0.253 e. The molecule has 0 bridgehead atoms. The monoisotopic (exact) mass is 318 g/mol. The molecule has 7 heteroatoms. The summed E-state index contributed by atoms with van der Waals surface area (Å²) < 4.78 is 0. The fourth-order valence-corrected chi connectivity index (χ4v) is 2.11. The highest BCUT2D eigenvalue weighted by Gasteiger charge is 2.15. The lowest BCUT2D eigenvalue weighted by atomic mass is 10.2. The summed E-state index contributed by atoms with van der Waals surface area (Å²) in [6, 6.07) is 4.51. The Morgan fingerprint density at radius 2 is 2.05 bits per heavy atom. The fraction of sp³-hybridized carbons (Fsp3) is 0.385. The molecule has 0 aromatic heterocycles. The minimum Gasteiger partial charge on any atom is -0.395 e. The van der Waals surface area contributed by atoms with Crippen molar-refractivity contribution in [3.63, 3.8) is 0 Å². The average Bonchev–Trinajstić information content (AvgIpc) is 2.41. The molecule has 0 radical (unpaired) electrons. The number of halogens is 2. The standard InChI is InChI=1S/C13H16Cl2N2O3/c1-2-17(5-6-18)12(19)8-16-13(20)10-4-3-9(14)7-11(10)15/h3-4,7,18H,2,5-6,8H2,1H3,(H,16,20). The highest BCUT2D eigenvalue weighted by atomic mass is 35.5. The molecule has 0 aliphatic carbocycles. The molecule has 5 nitrogen and oxygen atoms in total. The third-order valence-electron chi connectivity index (χ3n) is 2.68. The van der Waals surface area contributed by atoms with Crippen LogP contribution in [-0.2, 0) is 4.79 Å². The van der Waals surface area contributed by atoms with Gasteiger partial charge in [0.05, 0.1) is 23.7 Å². The Labute approximate surface area is 127 Å². The minimum atomic E-state index is -0.444. The van der Waals surface area contributed by atoms with Gasteiger partial charge in [0.15, 0.2) is 0 Å². The van der Waals surface area contributed by atoms with Crippen LogP contribution in [0.15, 0.2) is 18.2 Å². The van der Waals surface area contributed by atoms with Crippen LogP contribution in [0.2, 0.25) is 10.0 Å². The van der Waals surface area contributed by atoms with E-state index in [2.05, 4.69) is 5.32 Å². The molecular formula is C13H16Cl2N2O3. The van der Waals surface area contributed by atoms with Crippen LogP contribution in [-0.4, -0.2) is 48.1 Å². The Bertz CT molecular complexity index is 495. The van der Waals surface area contributed by atoms with Crippen LogP contribution in [0.1, 0.15) is 17.3 Å². The van der Waals surface area contributed by atoms with E-state index in [1.165, 1.54) is 17.0 Å². The third kappa shape index (κ3) is 4.67. The van der Waals surface area contributed by atoms with Crippen LogP contribution in [0.4, 0.5) is 0 Å². The van der Waals surface area contributed by atoms with Gasteiger partial charge in [-0.2, -0.15) is 0 Å². The molecule has 0 fully saturated rings. The predicted molar refractivity (Wildman–Crippen MR) is 78.1 cm³/mol. The second-order valence-corrected chi connectivity index (χ2v) is 4.85. The van der Waals surface area contributed by atoms with E-state index in [4.69, 9.17) is 28.3 Å². The Balaban J connectivity index is 2.61. The van der Waals surface area contributed by atoms with Gasteiger partial charge in [0, 0.05) is 18.1 Å². The lowest BCUT2D eigenvalue weighted by molar-refractivity contribution is -0.130. The van der Waals surface area contributed by atoms with Gasteiger partial charge in [0.2, 0.25) is 5.91 Å². The Morgan fingerprint density at radius 3 is 2.60 bits per heavy atom. The number of nitrogens with zero attached hydrogens (tertiary/aromatic N) is 1. The quantitative estimate of drug-likeness (QED) is 0.836. The molecule has 0 atom stereocenters. The molecule has 1 aromatic rings. The van der Waals surface area contributed by atoms with Crippen LogP contribution in [0.5, 0.6) is 0 Å². The van der Waals surface area contributed by atoms with Gasteiger partial charge < -0.3 is 15.3 Å². The number of likely N-dealkylation sites (N-methyl/N-ethyl adjacent to an activating group) is 1. The van der Waals surface area contributed by atoms with Crippen molar-refractivity contribution in [2.24, 2.45) is 0 Å². The second kappa shape index (κ2) is 8.09. The molecular weight excluding hydrogens is 303 g/mol. The maximum absolute atomic E-state index is 11.9. The summed E-state index contributed by atoms with van der Waals surface area (Å²) in [6.45, 7) is 2.25. The SMILES string of the molecule is CCN(CCO)C(=O)CNC(=O)c1ccc(Cl)cc1Cl. The first kappa shape index (κ1) is 16.8. The number of carbonyl (C=O) groups excluding carboxylic acids is 2. The Morgan fingerprint density at radius 1 is 1.35 bits per heavy atom. The number of rotatable bonds is 6. The molecule has 0 unspecified atom stereocenters. The summed E-state index contributed by atoms with van der Waals surface area (Å²) in [4.78, 5) is 25.1. The molecule has 2 N–H and O–H groups in total. The summed E-state index contributed by atoms with van der Waals surface area (Å²) in [6.07, 6.45) is 0. The average molecular weight is 319 g/mol. The van der Waals surface area contributed by atoms with Crippen molar-refractivity contribution >= 4 is 35.0 Å². The van der Waals surface area contributed by atoms with E-state index < -0.39 is 5.91 Å². The first-order chi connectivity index (χ1) is 9.49. The number of hydrogen-bond donors (Lipinski definition) is 2. The van der Waals surface area contributed by atoms with Crippen molar-refractivity contribution in [3.05, 3.63) is 33.8 Å². The second-order valence-electron chi connectivity index (χ2n) is 4.00.